The van der Waals surface area contributed by atoms with Gasteiger partial charge in [0, 0.05) is 19.0 Å². The molecule has 1 aromatic carbocycles. The minimum absolute atomic E-state index is 0.0241. The van der Waals surface area contributed by atoms with Crippen molar-refractivity contribution in [3.8, 4) is 5.69 Å². The average Bonchev–Trinajstić information content (AvgIpc) is 3.15. The Balaban J connectivity index is 1.63. The quantitative estimate of drug-likeness (QED) is 0.539. The molecular weight excluding hydrogens is 350 g/mol. The second-order valence-corrected chi connectivity index (χ2v) is 7.48. The van der Waals surface area contributed by atoms with Crippen LogP contribution in [-0.2, 0) is 6.42 Å². The molecule has 0 saturated heterocycles. The molecule has 0 spiro atoms. The Kier molecular flexibility index (Phi) is 6.14. The number of benzene rings is 1. The highest BCUT2D eigenvalue weighted by Gasteiger charge is 2.14. The van der Waals surface area contributed by atoms with Crippen molar-refractivity contribution in [1.29, 1.82) is 0 Å². The van der Waals surface area contributed by atoms with Crippen molar-refractivity contribution in [3.05, 3.63) is 77.4 Å². The Morgan fingerprint density at radius 3 is 2.36 bits per heavy atom. The predicted octanol–water partition coefficient (Wildman–Crippen LogP) is 4.62. The van der Waals surface area contributed by atoms with Gasteiger partial charge in [-0.2, -0.15) is 5.10 Å². The Bertz CT molecular complexity index is 972. The van der Waals surface area contributed by atoms with Gasteiger partial charge in [-0.1, -0.05) is 37.6 Å². The summed E-state index contributed by atoms with van der Waals surface area (Å²) in [5.74, 6) is 0.171. The standard InChI is InChI=1S/C23H25N3O2/c1-16(2)13-23(28)21-6-4-5-20(25-21)22(27)12-9-18-14-24-26(15-18)19-10-7-17(3)8-11-19/h4-8,10-11,14-16H,9,12-13H2,1-3H3. The molecule has 3 aromatic rings. The monoisotopic (exact) mass is 375 g/mol. The van der Waals surface area contributed by atoms with Crippen LogP contribution in [0.25, 0.3) is 5.69 Å². The van der Waals surface area contributed by atoms with E-state index >= 15 is 0 Å². The van der Waals surface area contributed by atoms with Crippen LogP contribution in [0, 0.1) is 12.8 Å². The van der Waals surface area contributed by atoms with Gasteiger partial charge in [0.05, 0.1) is 11.9 Å². The average molecular weight is 375 g/mol. The zero-order valence-electron chi connectivity index (χ0n) is 16.6. The number of nitrogens with zero attached hydrogens (tertiary/aromatic N) is 3. The maximum absolute atomic E-state index is 12.5. The molecule has 0 amide bonds. The third-order valence-corrected chi connectivity index (χ3v) is 4.49. The maximum atomic E-state index is 12.5. The number of hydrogen-bond donors (Lipinski definition) is 0. The van der Waals surface area contributed by atoms with Crippen LogP contribution < -0.4 is 0 Å². The van der Waals surface area contributed by atoms with Gasteiger partial charge in [-0.05, 0) is 49.1 Å². The number of carbonyl (C=O) groups is 2. The lowest BCUT2D eigenvalue weighted by atomic mass is 10.0. The number of rotatable bonds is 8. The maximum Gasteiger partial charge on any atom is 0.181 e. The molecular formula is C23H25N3O2. The molecule has 144 valence electrons. The zero-order chi connectivity index (χ0) is 20.1. The van der Waals surface area contributed by atoms with Gasteiger partial charge in [0.25, 0.3) is 0 Å². The van der Waals surface area contributed by atoms with Gasteiger partial charge in [0.2, 0.25) is 0 Å². The van der Waals surface area contributed by atoms with Crippen LogP contribution in [0.3, 0.4) is 0 Å². The molecule has 0 radical (unpaired) electrons. The highest BCUT2D eigenvalue weighted by molar-refractivity contribution is 5.98. The van der Waals surface area contributed by atoms with E-state index in [1.165, 1.54) is 5.56 Å². The fourth-order valence-electron chi connectivity index (χ4n) is 2.93. The molecule has 2 heterocycles. The minimum Gasteiger partial charge on any atom is -0.292 e. The number of pyridine rings is 1. The molecule has 5 heteroatoms. The fraction of sp³-hybridized carbons (Fsp3) is 0.304. The van der Waals surface area contributed by atoms with E-state index < -0.39 is 0 Å². The third kappa shape index (κ3) is 5.00. The summed E-state index contributed by atoms with van der Waals surface area (Å²) in [6, 6.07) is 13.2. The van der Waals surface area contributed by atoms with Gasteiger partial charge in [-0.15, -0.1) is 0 Å². The van der Waals surface area contributed by atoms with Crippen molar-refractivity contribution in [2.24, 2.45) is 5.92 Å². The van der Waals surface area contributed by atoms with Crippen molar-refractivity contribution in [2.45, 2.75) is 40.0 Å². The zero-order valence-corrected chi connectivity index (χ0v) is 16.6. The normalized spacial score (nSPS) is 11.0. The third-order valence-electron chi connectivity index (χ3n) is 4.49. The van der Waals surface area contributed by atoms with E-state index in [1.807, 2.05) is 55.9 Å². The van der Waals surface area contributed by atoms with Crippen LogP contribution in [0.1, 0.15) is 58.8 Å². The lowest BCUT2D eigenvalue weighted by molar-refractivity contribution is 0.0962. The van der Waals surface area contributed by atoms with Crippen LogP contribution in [0.4, 0.5) is 0 Å². The van der Waals surface area contributed by atoms with E-state index in [4.69, 9.17) is 0 Å². The number of aromatic nitrogens is 3. The molecule has 0 aliphatic rings. The lowest BCUT2D eigenvalue weighted by Gasteiger charge is -2.05. The van der Waals surface area contributed by atoms with Crippen LogP contribution in [0.5, 0.6) is 0 Å². The second-order valence-electron chi connectivity index (χ2n) is 7.48. The Morgan fingerprint density at radius 2 is 1.68 bits per heavy atom. The lowest BCUT2D eigenvalue weighted by Crippen LogP contribution is -2.10. The Morgan fingerprint density at radius 1 is 1.00 bits per heavy atom. The number of ketones is 2. The van der Waals surface area contributed by atoms with E-state index in [9.17, 15) is 9.59 Å². The summed E-state index contributed by atoms with van der Waals surface area (Å²) < 4.78 is 1.81. The summed E-state index contributed by atoms with van der Waals surface area (Å²) in [7, 11) is 0. The van der Waals surface area contributed by atoms with Gasteiger partial charge < -0.3 is 0 Å². The molecule has 0 aliphatic heterocycles. The van der Waals surface area contributed by atoms with E-state index in [2.05, 4.69) is 10.1 Å². The number of hydrogen-bond acceptors (Lipinski definition) is 4. The molecule has 0 saturated carbocycles. The summed E-state index contributed by atoms with van der Waals surface area (Å²) in [5.41, 5.74) is 3.89. The second kappa shape index (κ2) is 8.74. The summed E-state index contributed by atoms with van der Waals surface area (Å²) in [4.78, 5) is 29.0. The van der Waals surface area contributed by atoms with Crippen LogP contribution in [0.15, 0.2) is 54.9 Å². The van der Waals surface area contributed by atoms with E-state index in [-0.39, 0.29) is 17.5 Å². The van der Waals surface area contributed by atoms with E-state index in [0.29, 0.717) is 30.7 Å². The smallest absolute Gasteiger partial charge is 0.181 e. The first-order valence-corrected chi connectivity index (χ1v) is 9.56. The van der Waals surface area contributed by atoms with Crippen molar-refractivity contribution in [1.82, 2.24) is 14.8 Å². The molecule has 5 nitrogen and oxygen atoms in total. The first kappa shape index (κ1) is 19.7. The minimum atomic E-state index is -0.0673. The van der Waals surface area contributed by atoms with Crippen molar-refractivity contribution >= 4 is 11.6 Å². The van der Waals surface area contributed by atoms with Gasteiger partial charge in [0.15, 0.2) is 11.6 Å². The van der Waals surface area contributed by atoms with Crippen LogP contribution in [-0.4, -0.2) is 26.3 Å². The number of aryl methyl sites for hydroxylation is 2. The largest absolute Gasteiger partial charge is 0.292 e. The van der Waals surface area contributed by atoms with Gasteiger partial charge in [-0.3, -0.25) is 9.59 Å². The fourth-order valence-corrected chi connectivity index (χ4v) is 2.93. The van der Waals surface area contributed by atoms with Gasteiger partial charge in [-0.25, -0.2) is 9.67 Å². The topological polar surface area (TPSA) is 64.8 Å². The SMILES string of the molecule is Cc1ccc(-n2cc(CCC(=O)c3cccc(C(=O)CC(C)C)n3)cn2)cc1. The highest BCUT2D eigenvalue weighted by Crippen LogP contribution is 2.13. The van der Waals surface area contributed by atoms with Crippen molar-refractivity contribution in [2.75, 3.05) is 0 Å². The first-order chi connectivity index (χ1) is 13.4. The number of Topliss-reactive ketones (excluding diaryl/α,β-unsaturated/α-hetero) is 2. The van der Waals surface area contributed by atoms with Gasteiger partial charge >= 0.3 is 0 Å². The Labute approximate surface area is 165 Å². The molecule has 0 N–H and O–H groups in total. The first-order valence-electron chi connectivity index (χ1n) is 9.56. The number of carbonyl (C=O) groups excluding carboxylic acids is 2. The highest BCUT2D eigenvalue weighted by atomic mass is 16.1. The van der Waals surface area contributed by atoms with Crippen LogP contribution >= 0.6 is 0 Å². The predicted molar refractivity (Wildman–Crippen MR) is 109 cm³/mol. The van der Waals surface area contributed by atoms with Crippen molar-refractivity contribution in [3.63, 3.8) is 0 Å². The molecule has 3 rings (SSSR count). The van der Waals surface area contributed by atoms with Gasteiger partial charge in [0.1, 0.15) is 11.4 Å². The van der Waals surface area contributed by atoms with E-state index in [0.717, 1.165) is 11.3 Å². The summed E-state index contributed by atoms with van der Waals surface area (Å²) in [5, 5.41) is 4.38. The van der Waals surface area contributed by atoms with Crippen LogP contribution in [0.2, 0.25) is 0 Å². The van der Waals surface area contributed by atoms with E-state index in [1.54, 1.807) is 24.4 Å². The van der Waals surface area contributed by atoms with Crippen molar-refractivity contribution < 1.29 is 9.59 Å². The summed E-state index contributed by atoms with van der Waals surface area (Å²) in [6.07, 6.45) is 5.06. The molecule has 28 heavy (non-hydrogen) atoms. The summed E-state index contributed by atoms with van der Waals surface area (Å²) in [6.45, 7) is 6.02. The molecule has 0 atom stereocenters. The molecule has 0 unspecified atom stereocenters. The molecule has 2 aromatic heterocycles. The molecule has 0 fully saturated rings. The summed E-state index contributed by atoms with van der Waals surface area (Å²) >= 11 is 0. The Hall–Kier alpha value is -3.08. The molecule has 0 bridgehead atoms. The molecule has 0 aliphatic carbocycles.